The lowest BCUT2D eigenvalue weighted by atomic mass is 9.89. The second-order valence-corrected chi connectivity index (χ2v) is 8.54. The summed E-state index contributed by atoms with van der Waals surface area (Å²) in [7, 11) is 0. The van der Waals surface area contributed by atoms with Gasteiger partial charge in [0.2, 0.25) is 0 Å². The van der Waals surface area contributed by atoms with Crippen molar-refractivity contribution >= 4 is 11.9 Å². The van der Waals surface area contributed by atoms with Crippen LogP contribution in [0, 0.1) is 13.8 Å². The molecule has 1 fully saturated rings. The standard InChI is InChI=1S/C24H28N2O4/c1-15-7-10-21(16(2)11-15)30-14-20(27)13-26-22(28)24(3,25-23(26)29)19-9-8-17-5-4-6-18(17)12-19/h7-12,20,27H,4-6,13-14H2,1-3H3,(H,25,29)/t20-,24+/m0/s1. The molecule has 1 aliphatic heterocycles. The molecule has 2 N–H and O–H groups in total. The molecule has 3 amide bonds. The third-order valence-electron chi connectivity index (χ3n) is 6.11. The zero-order valence-electron chi connectivity index (χ0n) is 17.7. The Morgan fingerprint density at radius 1 is 1.13 bits per heavy atom. The van der Waals surface area contributed by atoms with Crippen LogP contribution in [0.15, 0.2) is 36.4 Å². The molecular weight excluding hydrogens is 380 g/mol. The van der Waals surface area contributed by atoms with Crippen molar-refractivity contribution in [3.8, 4) is 5.75 Å². The molecule has 1 heterocycles. The second-order valence-electron chi connectivity index (χ2n) is 8.54. The molecule has 6 heteroatoms. The fourth-order valence-electron chi connectivity index (χ4n) is 4.35. The molecule has 0 saturated carbocycles. The van der Waals surface area contributed by atoms with Gasteiger partial charge in [-0.3, -0.25) is 9.69 Å². The molecule has 2 atom stereocenters. The van der Waals surface area contributed by atoms with Crippen molar-refractivity contribution in [1.29, 1.82) is 0 Å². The number of aliphatic hydroxyl groups is 1. The predicted molar refractivity (Wildman–Crippen MR) is 113 cm³/mol. The van der Waals surface area contributed by atoms with Gasteiger partial charge in [-0.1, -0.05) is 35.9 Å². The number of benzene rings is 2. The number of carbonyl (C=O) groups excluding carboxylic acids is 2. The van der Waals surface area contributed by atoms with Crippen LogP contribution in [0.4, 0.5) is 4.79 Å². The van der Waals surface area contributed by atoms with Crippen molar-refractivity contribution in [3.05, 3.63) is 64.2 Å². The molecule has 30 heavy (non-hydrogen) atoms. The summed E-state index contributed by atoms with van der Waals surface area (Å²) in [6, 6.07) is 11.3. The van der Waals surface area contributed by atoms with E-state index in [1.54, 1.807) is 6.92 Å². The SMILES string of the molecule is Cc1ccc(OC[C@@H](O)CN2C(=O)N[C@](C)(c3ccc4c(c3)CCC4)C2=O)c(C)c1. The topological polar surface area (TPSA) is 78.9 Å². The smallest absolute Gasteiger partial charge is 0.325 e. The van der Waals surface area contributed by atoms with E-state index in [1.807, 2.05) is 44.2 Å². The lowest BCUT2D eigenvalue weighted by molar-refractivity contribution is -0.132. The summed E-state index contributed by atoms with van der Waals surface area (Å²) in [5.74, 6) is 0.329. The van der Waals surface area contributed by atoms with Crippen molar-refractivity contribution < 1.29 is 19.4 Å². The molecule has 158 valence electrons. The van der Waals surface area contributed by atoms with Crippen molar-refractivity contribution in [2.75, 3.05) is 13.2 Å². The third-order valence-corrected chi connectivity index (χ3v) is 6.11. The normalized spacial score (nSPS) is 21.5. The fraction of sp³-hybridized carbons (Fsp3) is 0.417. The molecule has 1 saturated heterocycles. The first-order chi connectivity index (χ1) is 14.3. The number of imide groups is 1. The number of hydrogen-bond donors (Lipinski definition) is 2. The van der Waals surface area contributed by atoms with E-state index in [0.717, 1.165) is 40.9 Å². The van der Waals surface area contributed by atoms with E-state index in [2.05, 4.69) is 11.4 Å². The van der Waals surface area contributed by atoms with Gasteiger partial charge in [-0.2, -0.15) is 0 Å². The maximum Gasteiger partial charge on any atom is 0.325 e. The Labute approximate surface area is 176 Å². The van der Waals surface area contributed by atoms with Gasteiger partial charge in [0, 0.05) is 0 Å². The molecule has 0 radical (unpaired) electrons. The first-order valence-corrected chi connectivity index (χ1v) is 10.4. The van der Waals surface area contributed by atoms with Crippen LogP contribution in [-0.2, 0) is 23.2 Å². The maximum absolute atomic E-state index is 13.1. The van der Waals surface area contributed by atoms with Crippen LogP contribution in [0.5, 0.6) is 5.75 Å². The predicted octanol–water partition coefficient (Wildman–Crippen LogP) is 3.00. The van der Waals surface area contributed by atoms with Crippen LogP contribution in [0.1, 0.15) is 41.2 Å². The van der Waals surface area contributed by atoms with Crippen LogP contribution in [-0.4, -0.2) is 41.2 Å². The van der Waals surface area contributed by atoms with Crippen LogP contribution in [0.25, 0.3) is 0 Å². The third kappa shape index (κ3) is 3.67. The number of nitrogens with zero attached hydrogens (tertiary/aromatic N) is 1. The number of ether oxygens (including phenoxy) is 1. The summed E-state index contributed by atoms with van der Waals surface area (Å²) in [5.41, 5.74) is 4.33. The van der Waals surface area contributed by atoms with Gasteiger partial charge in [0.1, 0.15) is 24.0 Å². The summed E-state index contributed by atoms with van der Waals surface area (Å²) in [4.78, 5) is 26.8. The highest BCUT2D eigenvalue weighted by Crippen LogP contribution is 2.32. The molecule has 0 spiro atoms. The molecule has 1 aliphatic carbocycles. The number of urea groups is 1. The van der Waals surface area contributed by atoms with E-state index < -0.39 is 17.7 Å². The monoisotopic (exact) mass is 408 g/mol. The maximum atomic E-state index is 13.1. The van der Waals surface area contributed by atoms with Gasteiger partial charge in [0.15, 0.2) is 0 Å². The van der Waals surface area contributed by atoms with Gasteiger partial charge >= 0.3 is 6.03 Å². The first kappa shape index (κ1) is 20.4. The van der Waals surface area contributed by atoms with Gasteiger partial charge in [0.25, 0.3) is 5.91 Å². The Morgan fingerprint density at radius 2 is 1.90 bits per heavy atom. The number of aryl methyl sites for hydroxylation is 4. The molecule has 0 aromatic heterocycles. The minimum Gasteiger partial charge on any atom is -0.491 e. The highest BCUT2D eigenvalue weighted by Gasteiger charge is 2.49. The Bertz CT molecular complexity index is 1000. The summed E-state index contributed by atoms with van der Waals surface area (Å²) >= 11 is 0. The molecular formula is C24H28N2O4. The molecule has 2 aliphatic rings. The zero-order valence-corrected chi connectivity index (χ0v) is 17.7. The van der Waals surface area contributed by atoms with E-state index in [-0.39, 0.29) is 19.1 Å². The van der Waals surface area contributed by atoms with Gasteiger partial charge in [-0.25, -0.2) is 4.79 Å². The molecule has 6 nitrogen and oxygen atoms in total. The van der Waals surface area contributed by atoms with Gasteiger partial charge in [-0.05, 0) is 68.4 Å². The largest absolute Gasteiger partial charge is 0.491 e. The van der Waals surface area contributed by atoms with Crippen molar-refractivity contribution in [2.45, 2.75) is 51.7 Å². The number of rotatable bonds is 6. The summed E-state index contributed by atoms with van der Waals surface area (Å²) in [6.07, 6.45) is 2.20. The minimum atomic E-state index is -1.12. The van der Waals surface area contributed by atoms with Crippen LogP contribution in [0.3, 0.4) is 0 Å². The highest BCUT2D eigenvalue weighted by molar-refractivity contribution is 6.07. The van der Waals surface area contributed by atoms with E-state index in [4.69, 9.17) is 4.74 Å². The van der Waals surface area contributed by atoms with Gasteiger partial charge in [0.05, 0.1) is 6.54 Å². The molecule has 2 aromatic carbocycles. The number of fused-ring (bicyclic) bond motifs is 1. The Morgan fingerprint density at radius 3 is 2.67 bits per heavy atom. The van der Waals surface area contributed by atoms with Crippen LogP contribution >= 0.6 is 0 Å². The highest BCUT2D eigenvalue weighted by atomic mass is 16.5. The van der Waals surface area contributed by atoms with Gasteiger partial charge < -0.3 is 15.2 Å². The van der Waals surface area contributed by atoms with Gasteiger partial charge in [-0.15, -0.1) is 0 Å². The average Bonchev–Trinajstić information content (AvgIpc) is 3.25. The lowest BCUT2D eigenvalue weighted by Crippen LogP contribution is -2.42. The number of amides is 3. The average molecular weight is 408 g/mol. The number of aliphatic hydroxyl groups excluding tert-OH is 1. The Balaban J connectivity index is 1.43. The number of nitrogens with one attached hydrogen (secondary N) is 1. The number of carbonyl (C=O) groups is 2. The second kappa shape index (κ2) is 7.76. The Hall–Kier alpha value is -2.86. The van der Waals surface area contributed by atoms with E-state index in [1.165, 1.54) is 11.1 Å². The molecule has 4 rings (SSSR count). The summed E-state index contributed by atoms with van der Waals surface area (Å²) < 4.78 is 5.70. The first-order valence-electron chi connectivity index (χ1n) is 10.4. The van der Waals surface area contributed by atoms with E-state index in [9.17, 15) is 14.7 Å². The van der Waals surface area contributed by atoms with E-state index in [0.29, 0.717) is 5.75 Å². The number of hydrogen-bond acceptors (Lipinski definition) is 4. The summed E-state index contributed by atoms with van der Waals surface area (Å²) in [6.45, 7) is 5.55. The van der Waals surface area contributed by atoms with Crippen molar-refractivity contribution in [1.82, 2.24) is 10.2 Å². The van der Waals surface area contributed by atoms with Crippen molar-refractivity contribution in [2.24, 2.45) is 0 Å². The fourth-order valence-corrected chi connectivity index (χ4v) is 4.35. The molecule has 2 aromatic rings. The van der Waals surface area contributed by atoms with Crippen molar-refractivity contribution in [3.63, 3.8) is 0 Å². The van der Waals surface area contributed by atoms with E-state index >= 15 is 0 Å². The number of β-amino-alcohol motifs (C(OH)–C–C–N with tert-alkyl or cyclic N) is 1. The minimum absolute atomic E-state index is 0.00345. The Kier molecular flexibility index (Phi) is 5.28. The van der Waals surface area contributed by atoms with Crippen LogP contribution < -0.4 is 10.1 Å². The van der Waals surface area contributed by atoms with Crippen LogP contribution in [0.2, 0.25) is 0 Å². The lowest BCUT2D eigenvalue weighted by Gasteiger charge is -2.24. The zero-order chi connectivity index (χ0) is 21.5. The molecule has 0 unspecified atom stereocenters. The summed E-state index contributed by atoms with van der Waals surface area (Å²) in [5, 5.41) is 13.2. The molecule has 0 bridgehead atoms. The quantitative estimate of drug-likeness (QED) is 0.721.